The highest BCUT2D eigenvalue weighted by Gasteiger charge is 2.24. The Morgan fingerprint density at radius 1 is 1.09 bits per heavy atom. The zero-order valence-electron chi connectivity index (χ0n) is 20.1. The monoisotopic (exact) mass is 452 g/mol. The second-order valence-corrected chi connectivity index (χ2v) is 9.00. The standard InChI is InChI=1S/C26H36N4O3/c1-19(2)15-20(3)29-11-13-30(14-12-29)26(27-18-21-7-5-10-24(16-21)33-4)28-23-9-6-8-22(17-23)25(31)32/h5-10,16-17,19-20H,11-15,18H2,1-4H3,(H,27,28)(H,31,32). The molecule has 7 heteroatoms. The minimum Gasteiger partial charge on any atom is -0.497 e. The van der Waals surface area contributed by atoms with Gasteiger partial charge in [0.2, 0.25) is 0 Å². The highest BCUT2D eigenvalue weighted by atomic mass is 16.5. The molecule has 0 radical (unpaired) electrons. The second-order valence-electron chi connectivity index (χ2n) is 9.00. The number of ether oxygens (including phenoxy) is 1. The van der Waals surface area contributed by atoms with Crippen molar-refractivity contribution in [1.82, 2.24) is 9.80 Å². The van der Waals surface area contributed by atoms with Gasteiger partial charge in [0.25, 0.3) is 0 Å². The number of anilines is 1. The maximum atomic E-state index is 11.4. The largest absolute Gasteiger partial charge is 0.497 e. The third-order valence-corrected chi connectivity index (χ3v) is 5.96. The minimum absolute atomic E-state index is 0.250. The van der Waals surface area contributed by atoms with Crippen LogP contribution in [0.5, 0.6) is 5.75 Å². The first-order valence-electron chi connectivity index (χ1n) is 11.6. The molecule has 2 N–H and O–H groups in total. The third-order valence-electron chi connectivity index (χ3n) is 5.96. The van der Waals surface area contributed by atoms with Gasteiger partial charge in [-0.25, -0.2) is 9.79 Å². The molecule has 2 aromatic rings. The summed E-state index contributed by atoms with van der Waals surface area (Å²) in [5, 5.41) is 12.7. The van der Waals surface area contributed by atoms with Crippen molar-refractivity contribution in [2.24, 2.45) is 10.9 Å². The molecule has 1 saturated heterocycles. The number of hydrogen-bond donors (Lipinski definition) is 2. The lowest BCUT2D eigenvalue weighted by molar-refractivity contribution is 0.0697. The van der Waals surface area contributed by atoms with Gasteiger partial charge in [-0.1, -0.05) is 32.0 Å². The molecule has 0 aliphatic carbocycles. The number of nitrogens with one attached hydrogen (secondary N) is 1. The molecular weight excluding hydrogens is 416 g/mol. The van der Waals surface area contributed by atoms with Crippen LogP contribution in [0, 0.1) is 5.92 Å². The van der Waals surface area contributed by atoms with Crippen LogP contribution < -0.4 is 10.1 Å². The van der Waals surface area contributed by atoms with Crippen molar-refractivity contribution in [3.63, 3.8) is 0 Å². The van der Waals surface area contributed by atoms with Gasteiger partial charge in [0, 0.05) is 37.9 Å². The number of carbonyl (C=O) groups is 1. The van der Waals surface area contributed by atoms with Crippen LogP contribution >= 0.6 is 0 Å². The first-order chi connectivity index (χ1) is 15.9. The maximum Gasteiger partial charge on any atom is 0.335 e. The molecule has 0 amide bonds. The van der Waals surface area contributed by atoms with E-state index in [-0.39, 0.29) is 5.56 Å². The lowest BCUT2D eigenvalue weighted by atomic mass is 10.0. The van der Waals surface area contributed by atoms with Gasteiger partial charge >= 0.3 is 5.97 Å². The molecule has 178 valence electrons. The molecule has 0 saturated carbocycles. The van der Waals surface area contributed by atoms with E-state index >= 15 is 0 Å². The van der Waals surface area contributed by atoms with E-state index in [2.05, 4.69) is 35.9 Å². The Bertz CT molecular complexity index is 952. The highest BCUT2D eigenvalue weighted by Crippen LogP contribution is 2.18. The van der Waals surface area contributed by atoms with Crippen LogP contribution in [0.1, 0.15) is 43.1 Å². The number of carboxylic acids is 1. The topological polar surface area (TPSA) is 77.4 Å². The number of hydrogen-bond acceptors (Lipinski definition) is 4. The number of rotatable bonds is 8. The van der Waals surface area contributed by atoms with Gasteiger partial charge in [-0.2, -0.15) is 0 Å². The Hall–Kier alpha value is -3.06. The Balaban J connectivity index is 1.77. The molecule has 33 heavy (non-hydrogen) atoms. The van der Waals surface area contributed by atoms with Gasteiger partial charge in [-0.05, 0) is 55.2 Å². The molecule has 0 bridgehead atoms. The van der Waals surface area contributed by atoms with E-state index in [1.165, 1.54) is 6.42 Å². The zero-order chi connectivity index (χ0) is 23.8. The lowest BCUT2D eigenvalue weighted by Crippen LogP contribution is -2.53. The smallest absolute Gasteiger partial charge is 0.335 e. The third kappa shape index (κ3) is 7.22. The fraction of sp³-hybridized carbons (Fsp3) is 0.462. The number of carboxylic acid groups (broad SMARTS) is 1. The molecule has 1 fully saturated rings. The van der Waals surface area contributed by atoms with E-state index in [9.17, 15) is 9.90 Å². The van der Waals surface area contributed by atoms with Crippen molar-refractivity contribution in [1.29, 1.82) is 0 Å². The van der Waals surface area contributed by atoms with Gasteiger partial charge in [0.15, 0.2) is 5.96 Å². The average Bonchev–Trinajstić information content (AvgIpc) is 2.81. The van der Waals surface area contributed by atoms with Crippen LogP contribution in [0.15, 0.2) is 53.5 Å². The van der Waals surface area contributed by atoms with E-state index in [0.29, 0.717) is 18.5 Å². The van der Waals surface area contributed by atoms with E-state index in [1.54, 1.807) is 25.3 Å². The van der Waals surface area contributed by atoms with E-state index in [1.807, 2.05) is 30.3 Å². The maximum absolute atomic E-state index is 11.4. The summed E-state index contributed by atoms with van der Waals surface area (Å²) >= 11 is 0. The van der Waals surface area contributed by atoms with Crippen LogP contribution in [0.2, 0.25) is 0 Å². The molecule has 1 aliphatic rings. The number of nitrogens with zero attached hydrogens (tertiary/aromatic N) is 3. The fourth-order valence-corrected chi connectivity index (χ4v) is 4.22. The number of methoxy groups -OCH3 is 1. The summed E-state index contributed by atoms with van der Waals surface area (Å²) in [6.45, 7) is 11.0. The van der Waals surface area contributed by atoms with Crippen molar-refractivity contribution in [3.8, 4) is 5.75 Å². The van der Waals surface area contributed by atoms with E-state index in [4.69, 9.17) is 9.73 Å². The molecule has 1 aliphatic heterocycles. The fourth-order valence-electron chi connectivity index (χ4n) is 4.22. The number of aromatic carboxylic acids is 1. The Morgan fingerprint density at radius 3 is 2.48 bits per heavy atom. The van der Waals surface area contributed by atoms with Crippen molar-refractivity contribution < 1.29 is 14.6 Å². The summed E-state index contributed by atoms with van der Waals surface area (Å²) in [5.74, 6) is 1.30. The second kappa shape index (κ2) is 11.7. The molecular formula is C26H36N4O3. The van der Waals surface area contributed by atoms with E-state index < -0.39 is 5.97 Å². The minimum atomic E-state index is -0.943. The first-order valence-corrected chi connectivity index (χ1v) is 11.6. The van der Waals surface area contributed by atoms with Gasteiger partial charge < -0.3 is 20.1 Å². The van der Waals surface area contributed by atoms with Crippen LogP contribution in [0.25, 0.3) is 0 Å². The summed E-state index contributed by atoms with van der Waals surface area (Å²) in [4.78, 5) is 21.1. The number of aliphatic imine (C=N–C) groups is 1. The quantitative estimate of drug-likeness (QED) is 0.456. The Morgan fingerprint density at radius 2 is 1.82 bits per heavy atom. The van der Waals surface area contributed by atoms with Gasteiger partial charge in [0.1, 0.15) is 5.75 Å². The van der Waals surface area contributed by atoms with Crippen LogP contribution in [-0.4, -0.2) is 66.2 Å². The Kier molecular flexibility index (Phi) is 8.72. The van der Waals surface area contributed by atoms with Crippen LogP contribution in [0.3, 0.4) is 0 Å². The lowest BCUT2D eigenvalue weighted by Gasteiger charge is -2.40. The molecule has 0 spiro atoms. The summed E-state index contributed by atoms with van der Waals surface area (Å²) in [6.07, 6.45) is 1.19. The van der Waals surface area contributed by atoms with Crippen molar-refractivity contribution in [2.45, 2.75) is 39.8 Å². The summed E-state index contributed by atoms with van der Waals surface area (Å²) in [6, 6.07) is 15.3. The molecule has 1 unspecified atom stereocenters. The van der Waals surface area contributed by atoms with Crippen molar-refractivity contribution in [3.05, 3.63) is 59.7 Å². The molecule has 2 aromatic carbocycles. The average molecular weight is 453 g/mol. The molecule has 1 atom stereocenters. The Labute approximate surface area is 197 Å². The van der Waals surface area contributed by atoms with Crippen molar-refractivity contribution >= 4 is 17.6 Å². The van der Waals surface area contributed by atoms with Crippen LogP contribution in [0.4, 0.5) is 5.69 Å². The van der Waals surface area contributed by atoms with Gasteiger partial charge in [-0.3, -0.25) is 4.90 Å². The number of guanidine groups is 1. The van der Waals surface area contributed by atoms with Gasteiger partial charge in [0.05, 0.1) is 19.2 Å². The molecule has 7 nitrogen and oxygen atoms in total. The summed E-state index contributed by atoms with van der Waals surface area (Å²) in [5.41, 5.74) is 2.02. The highest BCUT2D eigenvalue weighted by molar-refractivity contribution is 5.95. The SMILES string of the molecule is COc1cccc(CN=C(Nc2cccc(C(=O)O)c2)N2CCN(C(C)CC(C)C)CC2)c1. The van der Waals surface area contributed by atoms with Crippen molar-refractivity contribution in [2.75, 3.05) is 38.6 Å². The zero-order valence-corrected chi connectivity index (χ0v) is 20.1. The number of benzene rings is 2. The van der Waals surface area contributed by atoms with E-state index in [0.717, 1.165) is 49.1 Å². The predicted octanol–water partition coefficient (Wildman–Crippen LogP) is 4.41. The predicted molar refractivity (Wildman–Crippen MR) is 133 cm³/mol. The first kappa shape index (κ1) is 24.6. The molecule has 0 aromatic heterocycles. The number of piperazine rings is 1. The van der Waals surface area contributed by atoms with Crippen LogP contribution in [-0.2, 0) is 6.54 Å². The molecule has 1 heterocycles. The van der Waals surface area contributed by atoms with Gasteiger partial charge in [-0.15, -0.1) is 0 Å². The normalized spacial score (nSPS) is 16.0. The summed E-state index contributed by atoms with van der Waals surface area (Å²) in [7, 11) is 1.66. The molecule has 3 rings (SSSR count). The summed E-state index contributed by atoms with van der Waals surface area (Å²) < 4.78 is 5.34.